The monoisotopic (exact) mass is 302 g/mol. The molecule has 2 nitrogen and oxygen atoms in total. The highest BCUT2D eigenvalue weighted by molar-refractivity contribution is 6.35. The molecule has 0 radical (unpaired) electrons. The molecule has 0 aromatic heterocycles. The van der Waals surface area contributed by atoms with Crippen molar-refractivity contribution in [2.75, 3.05) is 0 Å². The largest absolute Gasteiger partial charge is 0.488 e. The van der Waals surface area contributed by atoms with Gasteiger partial charge < -0.3 is 9.84 Å². The highest BCUT2D eigenvalue weighted by atomic mass is 35.5. The lowest BCUT2D eigenvalue weighted by atomic mass is 9.86. The third-order valence-electron chi connectivity index (χ3n) is 3.91. The van der Waals surface area contributed by atoms with Crippen molar-refractivity contribution in [3.05, 3.63) is 27.7 Å². The summed E-state index contributed by atoms with van der Waals surface area (Å²) >= 11 is 12.1. The number of aliphatic hydroxyl groups excluding tert-OH is 1. The first-order valence-electron chi connectivity index (χ1n) is 6.89. The van der Waals surface area contributed by atoms with Gasteiger partial charge in [0.15, 0.2) is 0 Å². The van der Waals surface area contributed by atoms with Crippen LogP contribution in [0.4, 0.5) is 0 Å². The van der Waals surface area contributed by atoms with E-state index < -0.39 is 0 Å². The van der Waals surface area contributed by atoms with Crippen LogP contribution in [0.2, 0.25) is 10.0 Å². The predicted molar refractivity (Wildman–Crippen MR) is 79.0 cm³/mol. The first kappa shape index (κ1) is 15.0. The van der Waals surface area contributed by atoms with Gasteiger partial charge >= 0.3 is 0 Å². The maximum absolute atomic E-state index is 9.38. The van der Waals surface area contributed by atoms with Crippen LogP contribution in [0.25, 0.3) is 0 Å². The topological polar surface area (TPSA) is 29.5 Å². The van der Waals surface area contributed by atoms with E-state index in [1.54, 1.807) is 12.1 Å². The summed E-state index contributed by atoms with van der Waals surface area (Å²) < 4.78 is 6.01. The van der Waals surface area contributed by atoms with Gasteiger partial charge in [-0.3, -0.25) is 0 Å². The van der Waals surface area contributed by atoms with Crippen LogP contribution in [0.15, 0.2) is 12.1 Å². The molecule has 0 unspecified atom stereocenters. The lowest BCUT2D eigenvalue weighted by Gasteiger charge is -2.29. The third kappa shape index (κ3) is 3.77. The van der Waals surface area contributed by atoms with Gasteiger partial charge in [0.2, 0.25) is 0 Å². The SMILES string of the molecule is CCC1CCC(Oc2c(Cl)cc(Cl)cc2CO)CC1. The number of hydrogen-bond acceptors (Lipinski definition) is 2. The van der Waals surface area contributed by atoms with E-state index in [2.05, 4.69) is 6.92 Å². The van der Waals surface area contributed by atoms with Crippen LogP contribution >= 0.6 is 23.2 Å². The summed E-state index contributed by atoms with van der Waals surface area (Å²) in [6.45, 7) is 2.13. The minimum Gasteiger partial charge on any atom is -0.488 e. The van der Waals surface area contributed by atoms with Crippen molar-refractivity contribution in [3.63, 3.8) is 0 Å². The number of hydrogen-bond donors (Lipinski definition) is 1. The van der Waals surface area contributed by atoms with Gasteiger partial charge in [-0.2, -0.15) is 0 Å². The lowest BCUT2D eigenvalue weighted by molar-refractivity contribution is 0.126. The molecule has 1 aliphatic rings. The fraction of sp³-hybridized carbons (Fsp3) is 0.600. The molecular formula is C15H20Cl2O2. The summed E-state index contributed by atoms with van der Waals surface area (Å²) in [5.74, 6) is 1.42. The van der Waals surface area contributed by atoms with Gasteiger partial charge in [0, 0.05) is 10.6 Å². The van der Waals surface area contributed by atoms with E-state index in [0.717, 1.165) is 18.8 Å². The van der Waals surface area contributed by atoms with Crippen molar-refractivity contribution in [2.24, 2.45) is 5.92 Å². The van der Waals surface area contributed by atoms with E-state index in [-0.39, 0.29) is 12.7 Å². The zero-order chi connectivity index (χ0) is 13.8. The maximum Gasteiger partial charge on any atom is 0.143 e. The summed E-state index contributed by atoms with van der Waals surface area (Å²) in [4.78, 5) is 0. The molecule has 106 valence electrons. The minimum atomic E-state index is -0.111. The Morgan fingerprint density at radius 2 is 1.89 bits per heavy atom. The van der Waals surface area contributed by atoms with Gasteiger partial charge in [-0.15, -0.1) is 0 Å². The number of aliphatic hydroxyl groups is 1. The second-order valence-electron chi connectivity index (χ2n) is 5.20. The van der Waals surface area contributed by atoms with Crippen LogP contribution in [0, 0.1) is 5.92 Å². The number of halogens is 2. The molecule has 0 saturated heterocycles. The molecule has 4 heteroatoms. The smallest absolute Gasteiger partial charge is 0.143 e. The Labute approximate surface area is 124 Å². The Hall–Kier alpha value is -0.440. The molecule has 0 bridgehead atoms. The van der Waals surface area contributed by atoms with Crippen molar-refractivity contribution < 1.29 is 9.84 Å². The summed E-state index contributed by atoms with van der Waals surface area (Å²) in [7, 11) is 0. The molecular weight excluding hydrogens is 283 g/mol. The van der Waals surface area contributed by atoms with Crippen molar-refractivity contribution >= 4 is 23.2 Å². The summed E-state index contributed by atoms with van der Waals surface area (Å²) in [5.41, 5.74) is 0.662. The normalized spacial score (nSPS) is 23.4. The molecule has 1 fully saturated rings. The van der Waals surface area contributed by atoms with Gasteiger partial charge in [-0.05, 0) is 43.7 Å². The molecule has 0 amide bonds. The molecule has 1 aliphatic carbocycles. The van der Waals surface area contributed by atoms with E-state index in [1.165, 1.54) is 19.3 Å². The molecule has 2 rings (SSSR count). The van der Waals surface area contributed by atoms with Crippen LogP contribution in [0.5, 0.6) is 5.75 Å². The summed E-state index contributed by atoms with van der Waals surface area (Å²) in [5, 5.41) is 10.4. The van der Waals surface area contributed by atoms with Gasteiger partial charge in [-0.25, -0.2) is 0 Å². The molecule has 0 heterocycles. The lowest BCUT2D eigenvalue weighted by Crippen LogP contribution is -2.24. The molecule has 1 saturated carbocycles. The fourth-order valence-corrected chi connectivity index (χ4v) is 3.27. The Morgan fingerprint density at radius 1 is 1.21 bits per heavy atom. The number of ether oxygens (including phenoxy) is 1. The van der Waals surface area contributed by atoms with Gasteiger partial charge in [0.1, 0.15) is 5.75 Å². The Morgan fingerprint density at radius 3 is 2.47 bits per heavy atom. The summed E-state index contributed by atoms with van der Waals surface area (Å²) in [6, 6.07) is 3.37. The van der Waals surface area contributed by atoms with Gasteiger partial charge in [0.25, 0.3) is 0 Å². The van der Waals surface area contributed by atoms with E-state index in [4.69, 9.17) is 27.9 Å². The first-order valence-corrected chi connectivity index (χ1v) is 7.65. The first-order chi connectivity index (χ1) is 9.13. The van der Waals surface area contributed by atoms with Gasteiger partial charge in [-0.1, -0.05) is 36.5 Å². The molecule has 0 atom stereocenters. The molecule has 1 aromatic rings. The Balaban J connectivity index is 2.07. The average molecular weight is 303 g/mol. The zero-order valence-electron chi connectivity index (χ0n) is 11.2. The van der Waals surface area contributed by atoms with Crippen LogP contribution in [0.1, 0.15) is 44.6 Å². The highest BCUT2D eigenvalue weighted by Crippen LogP contribution is 2.36. The maximum atomic E-state index is 9.38. The van der Waals surface area contributed by atoms with E-state index in [0.29, 0.717) is 21.4 Å². The van der Waals surface area contributed by atoms with Crippen molar-refractivity contribution in [1.82, 2.24) is 0 Å². The number of rotatable bonds is 4. The van der Waals surface area contributed by atoms with Crippen LogP contribution < -0.4 is 4.74 Å². The molecule has 1 N–H and O–H groups in total. The second kappa shape index (κ2) is 6.83. The van der Waals surface area contributed by atoms with Crippen molar-refractivity contribution in [1.29, 1.82) is 0 Å². The minimum absolute atomic E-state index is 0.111. The summed E-state index contributed by atoms with van der Waals surface area (Å²) in [6.07, 6.45) is 5.98. The van der Waals surface area contributed by atoms with Crippen LogP contribution in [-0.4, -0.2) is 11.2 Å². The standard InChI is InChI=1S/C15H20Cl2O2/c1-2-10-3-5-13(6-4-10)19-15-11(9-18)7-12(16)8-14(15)17/h7-8,10,13,18H,2-6,9H2,1H3. The second-order valence-corrected chi connectivity index (χ2v) is 6.05. The molecule has 0 aliphatic heterocycles. The van der Waals surface area contributed by atoms with Crippen molar-refractivity contribution in [2.45, 2.75) is 51.7 Å². The highest BCUT2D eigenvalue weighted by Gasteiger charge is 2.23. The molecule has 19 heavy (non-hydrogen) atoms. The zero-order valence-corrected chi connectivity index (χ0v) is 12.7. The molecule has 0 spiro atoms. The van der Waals surface area contributed by atoms with Crippen LogP contribution in [-0.2, 0) is 6.61 Å². The predicted octanol–water partition coefficient (Wildman–Crippen LogP) is 4.83. The Bertz CT molecular complexity index is 426. The van der Waals surface area contributed by atoms with E-state index in [9.17, 15) is 5.11 Å². The van der Waals surface area contributed by atoms with Gasteiger partial charge in [0.05, 0.1) is 17.7 Å². The van der Waals surface area contributed by atoms with E-state index in [1.807, 2.05) is 0 Å². The van der Waals surface area contributed by atoms with E-state index >= 15 is 0 Å². The molecule has 1 aromatic carbocycles. The average Bonchev–Trinajstić information content (AvgIpc) is 2.42. The number of benzene rings is 1. The third-order valence-corrected chi connectivity index (χ3v) is 4.41. The fourth-order valence-electron chi connectivity index (χ4n) is 2.69. The van der Waals surface area contributed by atoms with Crippen molar-refractivity contribution in [3.8, 4) is 5.75 Å². The Kier molecular flexibility index (Phi) is 5.37. The quantitative estimate of drug-likeness (QED) is 0.863. The van der Waals surface area contributed by atoms with Crippen LogP contribution in [0.3, 0.4) is 0 Å².